The van der Waals surface area contributed by atoms with Crippen molar-refractivity contribution in [3.63, 3.8) is 0 Å². The highest BCUT2D eigenvalue weighted by Gasteiger charge is 2.31. The van der Waals surface area contributed by atoms with Crippen molar-refractivity contribution in [2.45, 2.75) is 38.1 Å². The van der Waals surface area contributed by atoms with Gasteiger partial charge in [0.05, 0.1) is 16.5 Å². The molecule has 1 aromatic carbocycles. The highest BCUT2D eigenvalue weighted by atomic mass is 35.5. The Balaban J connectivity index is 2.16. The largest absolute Gasteiger partial charge is 0.481 e. The van der Waals surface area contributed by atoms with Gasteiger partial charge in [-0.05, 0) is 31.0 Å². The van der Waals surface area contributed by atoms with Gasteiger partial charge in [0.25, 0.3) is 5.91 Å². The minimum Gasteiger partial charge on any atom is -0.481 e. The van der Waals surface area contributed by atoms with Gasteiger partial charge in [-0.2, -0.15) is 0 Å². The number of benzene rings is 1. The Morgan fingerprint density at radius 3 is 2.57 bits per heavy atom. The van der Waals surface area contributed by atoms with Crippen LogP contribution in [0.4, 0.5) is 0 Å². The van der Waals surface area contributed by atoms with E-state index in [1.165, 1.54) is 6.07 Å². The average molecular weight is 330 g/mol. The number of hydrogen-bond acceptors (Lipinski definition) is 2. The zero-order chi connectivity index (χ0) is 15.4. The van der Waals surface area contributed by atoms with Crippen molar-refractivity contribution in [2.24, 2.45) is 5.92 Å². The summed E-state index contributed by atoms with van der Waals surface area (Å²) in [5.74, 6) is -1.78. The molecule has 0 aliphatic heterocycles. The summed E-state index contributed by atoms with van der Waals surface area (Å²) in [7, 11) is 0. The van der Waals surface area contributed by atoms with E-state index in [1.54, 1.807) is 12.1 Å². The number of hydrogen-bond donors (Lipinski definition) is 2. The number of aliphatic carboxylic acids is 1. The molecular weight excluding hydrogens is 313 g/mol. The molecule has 0 unspecified atom stereocenters. The van der Waals surface area contributed by atoms with Gasteiger partial charge in [-0.15, -0.1) is 0 Å². The summed E-state index contributed by atoms with van der Waals surface area (Å²) in [6.07, 6.45) is 4.04. The van der Waals surface area contributed by atoms with E-state index in [4.69, 9.17) is 23.2 Å². The first-order valence-electron chi connectivity index (χ1n) is 6.98. The van der Waals surface area contributed by atoms with E-state index in [0.29, 0.717) is 22.9 Å². The zero-order valence-electron chi connectivity index (χ0n) is 11.4. The molecule has 2 rings (SSSR count). The van der Waals surface area contributed by atoms with Crippen molar-refractivity contribution in [1.82, 2.24) is 5.32 Å². The van der Waals surface area contributed by atoms with Crippen LogP contribution in [-0.2, 0) is 4.79 Å². The van der Waals surface area contributed by atoms with Crippen LogP contribution in [0.2, 0.25) is 10.0 Å². The first-order chi connectivity index (χ1) is 9.99. The van der Waals surface area contributed by atoms with Crippen LogP contribution in [0.25, 0.3) is 0 Å². The molecule has 21 heavy (non-hydrogen) atoms. The standard InChI is InChI=1S/C15H17Cl2NO3/c16-9-6-7-12(17)11(8-9)14(19)18-13-5-3-1-2-4-10(13)15(20)21/h6-8,10,13H,1-5H2,(H,18,19)(H,20,21)/t10-,13+/m1/s1. The van der Waals surface area contributed by atoms with E-state index in [2.05, 4.69) is 5.32 Å². The Kier molecular flexibility index (Phi) is 5.48. The van der Waals surface area contributed by atoms with Crippen LogP contribution >= 0.6 is 23.2 Å². The van der Waals surface area contributed by atoms with Crippen LogP contribution in [-0.4, -0.2) is 23.0 Å². The molecule has 114 valence electrons. The van der Waals surface area contributed by atoms with Gasteiger partial charge in [0.1, 0.15) is 0 Å². The van der Waals surface area contributed by atoms with E-state index in [-0.39, 0.29) is 17.5 Å². The summed E-state index contributed by atoms with van der Waals surface area (Å²) >= 11 is 11.9. The average Bonchev–Trinajstić information content (AvgIpc) is 2.67. The van der Waals surface area contributed by atoms with E-state index >= 15 is 0 Å². The summed E-state index contributed by atoms with van der Waals surface area (Å²) < 4.78 is 0. The number of carboxylic acid groups (broad SMARTS) is 1. The minimum absolute atomic E-state index is 0.276. The fraction of sp³-hybridized carbons (Fsp3) is 0.467. The summed E-state index contributed by atoms with van der Waals surface area (Å²) in [5.41, 5.74) is 0.276. The van der Waals surface area contributed by atoms with Crippen molar-refractivity contribution in [3.8, 4) is 0 Å². The van der Waals surface area contributed by atoms with E-state index in [1.807, 2.05) is 0 Å². The molecule has 1 fully saturated rings. The Morgan fingerprint density at radius 2 is 1.86 bits per heavy atom. The topological polar surface area (TPSA) is 66.4 Å². The predicted molar refractivity (Wildman–Crippen MR) is 81.9 cm³/mol. The Morgan fingerprint density at radius 1 is 1.14 bits per heavy atom. The highest BCUT2D eigenvalue weighted by molar-refractivity contribution is 6.35. The zero-order valence-corrected chi connectivity index (χ0v) is 13.0. The van der Waals surface area contributed by atoms with E-state index in [0.717, 1.165) is 19.3 Å². The molecule has 6 heteroatoms. The SMILES string of the molecule is O=C(N[C@H]1CCCCC[C@H]1C(=O)O)c1cc(Cl)ccc1Cl. The molecular formula is C15H17Cl2NO3. The summed E-state index contributed by atoms with van der Waals surface area (Å²) in [4.78, 5) is 23.7. The third-order valence-electron chi connectivity index (χ3n) is 3.82. The van der Waals surface area contributed by atoms with Crippen LogP contribution in [0.15, 0.2) is 18.2 Å². The lowest BCUT2D eigenvalue weighted by Crippen LogP contribution is -2.42. The van der Waals surface area contributed by atoms with Gasteiger partial charge in [-0.3, -0.25) is 9.59 Å². The molecule has 1 aliphatic carbocycles. The number of carbonyl (C=O) groups excluding carboxylic acids is 1. The molecule has 0 spiro atoms. The van der Waals surface area contributed by atoms with Crippen molar-refractivity contribution in [2.75, 3.05) is 0 Å². The van der Waals surface area contributed by atoms with Crippen LogP contribution in [0.5, 0.6) is 0 Å². The molecule has 0 heterocycles. The van der Waals surface area contributed by atoms with Gasteiger partial charge < -0.3 is 10.4 Å². The van der Waals surface area contributed by atoms with Crippen molar-refractivity contribution in [1.29, 1.82) is 0 Å². The van der Waals surface area contributed by atoms with Crippen molar-refractivity contribution >= 4 is 35.1 Å². The highest BCUT2D eigenvalue weighted by Crippen LogP contribution is 2.25. The number of rotatable bonds is 3. The lowest BCUT2D eigenvalue weighted by atomic mass is 9.94. The van der Waals surface area contributed by atoms with Crippen LogP contribution in [0.3, 0.4) is 0 Å². The van der Waals surface area contributed by atoms with Gasteiger partial charge in [-0.1, -0.05) is 42.5 Å². The normalized spacial score (nSPS) is 22.4. The van der Waals surface area contributed by atoms with Gasteiger partial charge in [0.2, 0.25) is 0 Å². The van der Waals surface area contributed by atoms with E-state index < -0.39 is 11.9 Å². The molecule has 1 aromatic rings. The van der Waals surface area contributed by atoms with E-state index in [9.17, 15) is 14.7 Å². The molecule has 2 N–H and O–H groups in total. The lowest BCUT2D eigenvalue weighted by molar-refractivity contribution is -0.142. The molecule has 1 aliphatic rings. The second-order valence-electron chi connectivity index (χ2n) is 5.29. The molecule has 1 amide bonds. The second-order valence-corrected chi connectivity index (χ2v) is 6.13. The first kappa shape index (κ1) is 16.1. The summed E-state index contributed by atoms with van der Waals surface area (Å²) in [6, 6.07) is 4.28. The molecule has 0 bridgehead atoms. The van der Waals surface area contributed by atoms with Crippen molar-refractivity contribution in [3.05, 3.63) is 33.8 Å². The molecule has 0 radical (unpaired) electrons. The fourth-order valence-electron chi connectivity index (χ4n) is 2.69. The quantitative estimate of drug-likeness (QED) is 0.830. The fourth-order valence-corrected chi connectivity index (χ4v) is 3.07. The minimum atomic E-state index is -0.862. The molecule has 1 saturated carbocycles. The Bertz CT molecular complexity index is 548. The third-order valence-corrected chi connectivity index (χ3v) is 4.39. The maximum atomic E-state index is 12.3. The lowest BCUT2D eigenvalue weighted by Gasteiger charge is -2.23. The molecule has 0 saturated heterocycles. The Labute approximate surface area is 133 Å². The first-order valence-corrected chi connectivity index (χ1v) is 7.73. The number of halogens is 2. The third kappa shape index (κ3) is 4.11. The van der Waals surface area contributed by atoms with Gasteiger partial charge >= 0.3 is 5.97 Å². The number of carboxylic acids is 1. The van der Waals surface area contributed by atoms with Gasteiger partial charge in [-0.25, -0.2) is 0 Å². The number of amides is 1. The number of nitrogens with one attached hydrogen (secondary N) is 1. The maximum absolute atomic E-state index is 12.3. The van der Waals surface area contributed by atoms with Crippen molar-refractivity contribution < 1.29 is 14.7 Å². The number of carbonyl (C=O) groups is 2. The maximum Gasteiger partial charge on any atom is 0.308 e. The second kappa shape index (κ2) is 7.14. The van der Waals surface area contributed by atoms with Crippen LogP contribution < -0.4 is 5.32 Å². The summed E-state index contributed by atoms with van der Waals surface area (Å²) in [6.45, 7) is 0. The van der Waals surface area contributed by atoms with Crippen LogP contribution in [0.1, 0.15) is 42.5 Å². The predicted octanol–water partition coefficient (Wildman–Crippen LogP) is 3.76. The molecule has 0 aromatic heterocycles. The smallest absolute Gasteiger partial charge is 0.308 e. The molecule has 2 atom stereocenters. The Hall–Kier alpha value is -1.26. The monoisotopic (exact) mass is 329 g/mol. The summed E-state index contributed by atoms with van der Waals surface area (Å²) in [5, 5.41) is 12.8. The molecule has 4 nitrogen and oxygen atoms in total. The van der Waals surface area contributed by atoms with Gasteiger partial charge in [0.15, 0.2) is 0 Å². The van der Waals surface area contributed by atoms with Crippen LogP contribution in [0, 0.1) is 5.92 Å². The van der Waals surface area contributed by atoms with Gasteiger partial charge in [0, 0.05) is 11.1 Å².